The lowest BCUT2D eigenvalue weighted by Crippen LogP contribution is -2.52. The molecule has 0 aliphatic carbocycles. The van der Waals surface area contributed by atoms with E-state index in [-0.39, 0.29) is 22.8 Å². The van der Waals surface area contributed by atoms with Crippen molar-refractivity contribution in [2.75, 3.05) is 13.1 Å². The summed E-state index contributed by atoms with van der Waals surface area (Å²) in [6.45, 7) is 7.96. The predicted octanol–water partition coefficient (Wildman–Crippen LogP) is 2.86. The predicted molar refractivity (Wildman–Crippen MR) is 108 cm³/mol. The number of hydrogen-bond acceptors (Lipinski definition) is 4. The monoisotopic (exact) mass is 376 g/mol. The summed E-state index contributed by atoms with van der Waals surface area (Å²) in [5, 5.41) is 6.40. The largest absolute Gasteiger partial charge is 0.336 e. The van der Waals surface area contributed by atoms with Crippen LogP contribution in [0.25, 0.3) is 10.8 Å². The van der Waals surface area contributed by atoms with Crippen molar-refractivity contribution in [1.29, 1.82) is 0 Å². The Labute approximate surface area is 163 Å². The molecule has 0 atom stereocenters. The van der Waals surface area contributed by atoms with Gasteiger partial charge in [0.05, 0.1) is 12.2 Å². The lowest BCUT2D eigenvalue weighted by molar-refractivity contribution is 0.0454. The third kappa shape index (κ3) is 3.42. The van der Waals surface area contributed by atoms with Crippen molar-refractivity contribution in [2.45, 2.75) is 32.7 Å². The molecule has 0 spiro atoms. The first-order valence-corrected chi connectivity index (χ1v) is 9.54. The molecule has 0 saturated carbocycles. The van der Waals surface area contributed by atoms with Crippen molar-refractivity contribution in [3.63, 3.8) is 0 Å². The van der Waals surface area contributed by atoms with E-state index in [0.717, 1.165) is 16.5 Å². The second-order valence-corrected chi connectivity index (χ2v) is 8.45. The number of carbonyl (C=O) groups excluding carboxylic acids is 1. The Hall–Kier alpha value is -3.02. The molecular formula is C22H24N4O2. The van der Waals surface area contributed by atoms with Gasteiger partial charge in [-0.1, -0.05) is 45.0 Å². The normalized spacial score (nSPS) is 14.9. The van der Waals surface area contributed by atoms with Gasteiger partial charge in [-0.05, 0) is 17.5 Å². The average Bonchev–Trinajstić information content (AvgIpc) is 2.63. The van der Waals surface area contributed by atoms with Gasteiger partial charge < -0.3 is 4.90 Å². The van der Waals surface area contributed by atoms with Gasteiger partial charge in [-0.25, -0.2) is 4.68 Å². The number of rotatable bonds is 3. The maximum atomic E-state index is 12.9. The van der Waals surface area contributed by atoms with Crippen LogP contribution >= 0.6 is 0 Å². The molecule has 0 bridgehead atoms. The first kappa shape index (κ1) is 18.3. The van der Waals surface area contributed by atoms with E-state index in [9.17, 15) is 9.59 Å². The first-order chi connectivity index (χ1) is 13.3. The van der Waals surface area contributed by atoms with E-state index in [4.69, 9.17) is 0 Å². The van der Waals surface area contributed by atoms with Crippen LogP contribution < -0.4 is 5.56 Å². The van der Waals surface area contributed by atoms with Crippen LogP contribution in [0.4, 0.5) is 0 Å². The first-order valence-electron chi connectivity index (χ1n) is 9.54. The molecule has 0 radical (unpaired) electrons. The number of carbonyl (C=O) groups is 1. The summed E-state index contributed by atoms with van der Waals surface area (Å²) in [6, 6.07) is 13.1. The highest BCUT2D eigenvalue weighted by molar-refractivity contribution is 6.05. The number of aromatic nitrogens is 3. The zero-order chi connectivity index (χ0) is 19.9. The van der Waals surface area contributed by atoms with Crippen molar-refractivity contribution >= 4 is 16.7 Å². The summed E-state index contributed by atoms with van der Waals surface area (Å²) >= 11 is 0. The van der Waals surface area contributed by atoms with Gasteiger partial charge >= 0.3 is 0 Å². The molecule has 3 aromatic rings. The fourth-order valence-electron chi connectivity index (χ4n) is 3.52. The zero-order valence-electron chi connectivity index (χ0n) is 16.4. The fourth-order valence-corrected chi connectivity index (χ4v) is 3.52. The van der Waals surface area contributed by atoms with E-state index < -0.39 is 0 Å². The van der Waals surface area contributed by atoms with Gasteiger partial charge in [0, 0.05) is 42.1 Å². The number of hydrogen-bond donors (Lipinski definition) is 0. The van der Waals surface area contributed by atoms with E-state index >= 15 is 0 Å². The summed E-state index contributed by atoms with van der Waals surface area (Å²) in [4.78, 5) is 31.1. The molecule has 1 aliphatic heterocycles. The molecule has 28 heavy (non-hydrogen) atoms. The third-order valence-corrected chi connectivity index (χ3v) is 5.19. The molecule has 1 amide bonds. The quantitative estimate of drug-likeness (QED) is 0.705. The number of nitrogens with zero attached hydrogens (tertiary/aromatic N) is 4. The summed E-state index contributed by atoms with van der Waals surface area (Å²) in [7, 11) is 0. The summed E-state index contributed by atoms with van der Waals surface area (Å²) < 4.78 is 1.53. The van der Waals surface area contributed by atoms with Crippen LogP contribution in [0.15, 0.2) is 53.5 Å². The second kappa shape index (κ2) is 6.86. The van der Waals surface area contributed by atoms with Gasteiger partial charge in [0.15, 0.2) is 0 Å². The number of amides is 1. The van der Waals surface area contributed by atoms with Gasteiger partial charge in [-0.3, -0.25) is 14.6 Å². The number of likely N-dealkylation sites (tertiary alicyclic amines) is 1. The molecule has 144 valence electrons. The molecule has 2 aromatic heterocycles. The molecule has 6 heteroatoms. The van der Waals surface area contributed by atoms with Gasteiger partial charge in [0.1, 0.15) is 5.69 Å². The van der Waals surface area contributed by atoms with Gasteiger partial charge in [0.2, 0.25) is 0 Å². The second-order valence-electron chi connectivity index (χ2n) is 8.45. The summed E-state index contributed by atoms with van der Waals surface area (Å²) in [6.07, 6.45) is 1.67. The van der Waals surface area contributed by atoms with Crippen LogP contribution in [0.5, 0.6) is 0 Å². The average molecular weight is 376 g/mol. The Morgan fingerprint density at radius 2 is 1.86 bits per heavy atom. The molecule has 0 N–H and O–H groups in total. The smallest absolute Gasteiger partial charge is 0.273 e. The summed E-state index contributed by atoms with van der Waals surface area (Å²) in [5.41, 5.74) is 1.16. The van der Waals surface area contributed by atoms with Crippen molar-refractivity contribution in [3.05, 3.63) is 70.4 Å². The molecule has 6 nitrogen and oxygen atoms in total. The van der Waals surface area contributed by atoms with Gasteiger partial charge in [0.25, 0.3) is 11.5 Å². The van der Waals surface area contributed by atoms with E-state index in [0.29, 0.717) is 25.3 Å². The minimum absolute atomic E-state index is 0.0585. The lowest BCUT2D eigenvalue weighted by atomic mass is 9.92. The highest BCUT2D eigenvalue weighted by atomic mass is 16.2. The van der Waals surface area contributed by atoms with Crippen LogP contribution in [0.2, 0.25) is 0 Å². The minimum Gasteiger partial charge on any atom is -0.336 e. The van der Waals surface area contributed by atoms with E-state index in [1.807, 2.05) is 30.3 Å². The molecule has 3 heterocycles. The molecule has 1 fully saturated rings. The Morgan fingerprint density at radius 1 is 1.11 bits per heavy atom. The van der Waals surface area contributed by atoms with Crippen molar-refractivity contribution in [2.24, 2.45) is 5.92 Å². The van der Waals surface area contributed by atoms with Crippen LogP contribution in [-0.4, -0.2) is 38.7 Å². The zero-order valence-corrected chi connectivity index (χ0v) is 16.4. The summed E-state index contributed by atoms with van der Waals surface area (Å²) in [5.74, 6) is 0.163. The van der Waals surface area contributed by atoms with Crippen molar-refractivity contribution in [1.82, 2.24) is 19.7 Å². The van der Waals surface area contributed by atoms with Gasteiger partial charge in [-0.15, -0.1) is 0 Å². The maximum Gasteiger partial charge on any atom is 0.273 e. The van der Waals surface area contributed by atoms with Crippen LogP contribution in [0, 0.1) is 5.92 Å². The van der Waals surface area contributed by atoms with Crippen LogP contribution in [0.3, 0.4) is 0 Å². The molecule has 0 unspecified atom stereocenters. The van der Waals surface area contributed by atoms with E-state index in [1.165, 1.54) is 4.68 Å². The Kier molecular flexibility index (Phi) is 4.49. The van der Waals surface area contributed by atoms with Crippen LogP contribution in [-0.2, 0) is 12.0 Å². The molecule has 1 aliphatic rings. The van der Waals surface area contributed by atoms with E-state index in [2.05, 4.69) is 30.9 Å². The Bertz CT molecular complexity index is 1090. The molecule has 1 saturated heterocycles. The van der Waals surface area contributed by atoms with E-state index in [1.54, 1.807) is 23.2 Å². The van der Waals surface area contributed by atoms with Gasteiger partial charge in [-0.2, -0.15) is 5.10 Å². The highest BCUT2D eigenvalue weighted by Gasteiger charge is 2.33. The topological polar surface area (TPSA) is 68.1 Å². The number of fused-ring (bicyclic) bond motifs is 1. The van der Waals surface area contributed by atoms with Crippen molar-refractivity contribution < 1.29 is 4.79 Å². The Balaban J connectivity index is 1.46. The fraction of sp³-hybridized carbons (Fsp3) is 0.364. The van der Waals surface area contributed by atoms with Crippen LogP contribution in [0.1, 0.15) is 37.0 Å². The molecular weight excluding hydrogens is 352 g/mol. The third-order valence-electron chi connectivity index (χ3n) is 5.19. The lowest BCUT2D eigenvalue weighted by Gasteiger charge is -2.39. The SMILES string of the molecule is CC(C)(C)c1ccc(=O)n(CC2CN(C(=O)c3nccc4ccccc34)C2)n1. The molecule has 4 rings (SSSR count). The highest BCUT2D eigenvalue weighted by Crippen LogP contribution is 2.24. The standard InChI is InChI=1S/C22H24N4O2/c1-22(2,3)18-8-9-19(27)26(24-18)14-15-12-25(13-15)21(28)20-17-7-5-4-6-16(17)10-11-23-20/h4-11,15H,12-14H2,1-3H3. The minimum atomic E-state index is -0.114. The number of benzene rings is 1. The number of pyridine rings is 1. The van der Waals surface area contributed by atoms with Crippen molar-refractivity contribution in [3.8, 4) is 0 Å². The molecule has 1 aromatic carbocycles. The maximum absolute atomic E-state index is 12.9. The Morgan fingerprint density at radius 3 is 2.61 bits per heavy atom.